The van der Waals surface area contributed by atoms with E-state index in [1.165, 1.54) is 0 Å². The summed E-state index contributed by atoms with van der Waals surface area (Å²) >= 11 is 0. The molecular weight excluding hydrogens is 244 g/mol. The lowest BCUT2D eigenvalue weighted by molar-refractivity contribution is -0.120. The molecule has 106 valence electrons. The van der Waals surface area contributed by atoms with Crippen LogP contribution in [0.2, 0.25) is 0 Å². The van der Waals surface area contributed by atoms with Gasteiger partial charge in [-0.3, -0.25) is 4.79 Å². The molecule has 1 aromatic rings. The Kier molecular flexibility index (Phi) is 6.92. The molecule has 0 bridgehead atoms. The van der Waals surface area contributed by atoms with Gasteiger partial charge in [-0.2, -0.15) is 0 Å². The lowest BCUT2D eigenvalue weighted by Gasteiger charge is -2.15. The summed E-state index contributed by atoms with van der Waals surface area (Å²) in [5.74, 6) is 0.364. The molecule has 0 aromatic heterocycles. The first-order valence-corrected chi connectivity index (χ1v) is 6.52. The van der Waals surface area contributed by atoms with Gasteiger partial charge in [-0.05, 0) is 30.7 Å². The number of benzene rings is 1. The van der Waals surface area contributed by atoms with Gasteiger partial charge in [0.2, 0.25) is 5.91 Å². The number of carbonyl (C=O) groups excluding carboxylic acids is 1. The van der Waals surface area contributed by atoms with Crippen molar-refractivity contribution in [2.45, 2.75) is 32.4 Å². The van der Waals surface area contributed by atoms with Crippen molar-refractivity contribution in [2.75, 3.05) is 13.2 Å². The number of nitrogens with two attached hydrogens (primary N) is 1. The van der Waals surface area contributed by atoms with Crippen LogP contribution in [0.3, 0.4) is 0 Å². The highest BCUT2D eigenvalue weighted by atomic mass is 16.5. The quantitative estimate of drug-likeness (QED) is 0.617. The van der Waals surface area contributed by atoms with Crippen LogP contribution in [0, 0.1) is 0 Å². The number of primary amides is 1. The second-order valence-electron chi connectivity index (χ2n) is 4.35. The first kappa shape index (κ1) is 15.5. The predicted molar refractivity (Wildman–Crippen MR) is 73.8 cm³/mol. The first-order valence-electron chi connectivity index (χ1n) is 6.52. The number of hydrogen-bond acceptors (Lipinski definition) is 4. The molecule has 1 atom stereocenters. The monoisotopic (exact) mass is 266 g/mol. The summed E-state index contributed by atoms with van der Waals surface area (Å²) in [4.78, 5) is 11.2. The van der Waals surface area contributed by atoms with Gasteiger partial charge in [-0.1, -0.05) is 19.1 Å². The van der Waals surface area contributed by atoms with Gasteiger partial charge >= 0.3 is 0 Å². The van der Waals surface area contributed by atoms with Crippen LogP contribution in [-0.2, 0) is 11.4 Å². The number of aliphatic hydroxyl groups excluding tert-OH is 1. The third-order valence-electron chi connectivity index (χ3n) is 2.77. The fourth-order valence-electron chi connectivity index (χ4n) is 1.65. The third-order valence-corrected chi connectivity index (χ3v) is 2.77. The summed E-state index contributed by atoms with van der Waals surface area (Å²) in [6, 6.07) is 6.85. The molecule has 1 amide bonds. The summed E-state index contributed by atoms with van der Waals surface area (Å²) < 4.78 is 5.54. The Balaban J connectivity index is 2.36. The average Bonchev–Trinajstić information content (AvgIpc) is 2.43. The van der Waals surface area contributed by atoms with E-state index in [9.17, 15) is 4.79 Å². The van der Waals surface area contributed by atoms with Crippen LogP contribution in [0.5, 0.6) is 5.75 Å². The van der Waals surface area contributed by atoms with Crippen molar-refractivity contribution in [1.82, 2.24) is 5.32 Å². The molecule has 0 saturated carbocycles. The van der Waals surface area contributed by atoms with Crippen LogP contribution >= 0.6 is 0 Å². The van der Waals surface area contributed by atoms with E-state index >= 15 is 0 Å². The standard InChI is InChI=1S/C14H22N2O3/c1-2-8-16-13(14(15)18)7-9-19-12-5-3-11(10-17)4-6-12/h3-6,13,16-17H,2,7-10H2,1H3,(H2,15,18). The third kappa shape index (κ3) is 5.72. The van der Waals surface area contributed by atoms with E-state index in [-0.39, 0.29) is 18.6 Å². The molecule has 0 fully saturated rings. The van der Waals surface area contributed by atoms with Crippen molar-refractivity contribution < 1.29 is 14.6 Å². The normalized spacial score (nSPS) is 12.1. The fraction of sp³-hybridized carbons (Fsp3) is 0.500. The predicted octanol–water partition coefficient (Wildman–Crippen LogP) is 0.801. The lowest BCUT2D eigenvalue weighted by atomic mass is 10.2. The minimum Gasteiger partial charge on any atom is -0.494 e. The maximum absolute atomic E-state index is 11.2. The molecular formula is C14H22N2O3. The van der Waals surface area contributed by atoms with E-state index in [0.717, 1.165) is 24.3 Å². The molecule has 5 heteroatoms. The molecule has 19 heavy (non-hydrogen) atoms. The number of rotatable bonds is 9. The van der Waals surface area contributed by atoms with Crippen LogP contribution in [-0.4, -0.2) is 30.2 Å². The Labute approximate surface area is 113 Å². The lowest BCUT2D eigenvalue weighted by Crippen LogP contribution is -2.42. The zero-order valence-electron chi connectivity index (χ0n) is 11.3. The summed E-state index contributed by atoms with van der Waals surface area (Å²) in [5, 5.41) is 12.0. The van der Waals surface area contributed by atoms with Gasteiger partial charge in [0.05, 0.1) is 19.3 Å². The van der Waals surface area contributed by atoms with Crippen molar-refractivity contribution in [2.24, 2.45) is 5.73 Å². The molecule has 0 aliphatic heterocycles. The number of ether oxygens (including phenoxy) is 1. The van der Waals surface area contributed by atoms with Gasteiger partial charge in [0.15, 0.2) is 0 Å². The summed E-state index contributed by atoms with van der Waals surface area (Å²) in [6.07, 6.45) is 1.49. The smallest absolute Gasteiger partial charge is 0.234 e. The van der Waals surface area contributed by atoms with E-state index in [4.69, 9.17) is 15.6 Å². The minimum absolute atomic E-state index is 0.0188. The van der Waals surface area contributed by atoms with Gasteiger partial charge in [0.1, 0.15) is 5.75 Å². The Morgan fingerprint density at radius 1 is 1.42 bits per heavy atom. The number of nitrogens with one attached hydrogen (secondary N) is 1. The summed E-state index contributed by atoms with van der Waals surface area (Å²) in [6.45, 7) is 3.23. The van der Waals surface area contributed by atoms with Crippen molar-refractivity contribution in [3.8, 4) is 5.75 Å². The molecule has 0 saturated heterocycles. The minimum atomic E-state index is -0.354. The molecule has 4 N–H and O–H groups in total. The molecule has 1 unspecified atom stereocenters. The Morgan fingerprint density at radius 3 is 2.63 bits per heavy atom. The van der Waals surface area contributed by atoms with E-state index < -0.39 is 0 Å². The Hall–Kier alpha value is -1.59. The van der Waals surface area contributed by atoms with E-state index in [2.05, 4.69) is 5.32 Å². The van der Waals surface area contributed by atoms with Crippen LogP contribution in [0.15, 0.2) is 24.3 Å². The Bertz CT molecular complexity index is 379. The van der Waals surface area contributed by atoms with Crippen molar-refractivity contribution in [3.63, 3.8) is 0 Å². The van der Waals surface area contributed by atoms with E-state index in [0.29, 0.717) is 13.0 Å². The highest BCUT2D eigenvalue weighted by Crippen LogP contribution is 2.12. The van der Waals surface area contributed by atoms with Crippen LogP contribution in [0.4, 0.5) is 0 Å². The molecule has 0 spiro atoms. The van der Waals surface area contributed by atoms with Crippen molar-refractivity contribution in [3.05, 3.63) is 29.8 Å². The van der Waals surface area contributed by atoms with Crippen LogP contribution in [0.25, 0.3) is 0 Å². The van der Waals surface area contributed by atoms with Crippen LogP contribution in [0.1, 0.15) is 25.3 Å². The van der Waals surface area contributed by atoms with E-state index in [1.54, 1.807) is 24.3 Å². The van der Waals surface area contributed by atoms with Gasteiger partial charge < -0.3 is 20.9 Å². The van der Waals surface area contributed by atoms with Crippen molar-refractivity contribution in [1.29, 1.82) is 0 Å². The summed E-state index contributed by atoms with van der Waals surface area (Å²) in [7, 11) is 0. The molecule has 1 aromatic carbocycles. The largest absolute Gasteiger partial charge is 0.494 e. The maximum atomic E-state index is 11.2. The highest BCUT2D eigenvalue weighted by molar-refractivity contribution is 5.79. The molecule has 0 aliphatic rings. The van der Waals surface area contributed by atoms with Gasteiger partial charge in [-0.15, -0.1) is 0 Å². The summed E-state index contributed by atoms with van der Waals surface area (Å²) in [5.41, 5.74) is 6.15. The topological polar surface area (TPSA) is 84.6 Å². The number of aliphatic hydroxyl groups is 1. The molecule has 0 heterocycles. The molecule has 0 aliphatic carbocycles. The zero-order chi connectivity index (χ0) is 14.1. The van der Waals surface area contributed by atoms with Crippen LogP contribution < -0.4 is 15.8 Å². The number of carbonyl (C=O) groups is 1. The second-order valence-corrected chi connectivity index (χ2v) is 4.35. The highest BCUT2D eigenvalue weighted by Gasteiger charge is 2.13. The maximum Gasteiger partial charge on any atom is 0.234 e. The average molecular weight is 266 g/mol. The van der Waals surface area contributed by atoms with Gasteiger partial charge in [0, 0.05) is 6.42 Å². The van der Waals surface area contributed by atoms with Gasteiger partial charge in [-0.25, -0.2) is 0 Å². The SMILES string of the molecule is CCCNC(CCOc1ccc(CO)cc1)C(N)=O. The number of hydrogen-bond donors (Lipinski definition) is 3. The Morgan fingerprint density at radius 2 is 2.11 bits per heavy atom. The first-order chi connectivity index (χ1) is 9.17. The molecule has 5 nitrogen and oxygen atoms in total. The van der Waals surface area contributed by atoms with E-state index in [1.807, 2.05) is 6.92 Å². The second kappa shape index (κ2) is 8.50. The molecule has 1 rings (SSSR count). The van der Waals surface area contributed by atoms with Gasteiger partial charge in [0.25, 0.3) is 0 Å². The van der Waals surface area contributed by atoms with Crippen molar-refractivity contribution >= 4 is 5.91 Å². The molecule has 0 radical (unpaired) electrons. The fourth-order valence-corrected chi connectivity index (χ4v) is 1.65. The number of amides is 1. The zero-order valence-corrected chi connectivity index (χ0v) is 11.3.